The highest BCUT2D eigenvalue weighted by molar-refractivity contribution is 6.31. The summed E-state index contributed by atoms with van der Waals surface area (Å²) in [5.74, 6) is -0.493. The molecule has 0 aromatic heterocycles. The Morgan fingerprint density at radius 1 is 1.50 bits per heavy atom. The highest BCUT2D eigenvalue weighted by atomic mass is 35.5. The number of rotatable bonds is 5. The van der Waals surface area contributed by atoms with Gasteiger partial charge in [0, 0.05) is 22.7 Å². The average Bonchev–Trinajstić information content (AvgIpc) is 2.31. The van der Waals surface area contributed by atoms with Crippen molar-refractivity contribution in [3.05, 3.63) is 34.3 Å². The second kappa shape index (κ2) is 5.69. The van der Waals surface area contributed by atoms with E-state index in [1.165, 1.54) is 0 Å². The Morgan fingerprint density at radius 3 is 2.56 bits per heavy atom. The van der Waals surface area contributed by atoms with Crippen molar-refractivity contribution >= 4 is 17.5 Å². The van der Waals surface area contributed by atoms with Gasteiger partial charge in [-0.3, -0.25) is 9.69 Å². The van der Waals surface area contributed by atoms with Crippen LogP contribution in [0.3, 0.4) is 0 Å². The smallest absolute Gasteiger partial charge is 0.248 e. The number of aliphatic hydroxyl groups excluding tert-OH is 1. The number of carbonyl (C=O) groups is 1. The summed E-state index contributed by atoms with van der Waals surface area (Å²) in [5, 5.41) is 9.80. The summed E-state index contributed by atoms with van der Waals surface area (Å²) >= 11 is 6.11. The minimum atomic E-state index is -0.493. The van der Waals surface area contributed by atoms with Crippen LogP contribution >= 0.6 is 11.6 Å². The molecule has 0 radical (unpaired) electrons. The van der Waals surface area contributed by atoms with Crippen LogP contribution in [0.2, 0.25) is 5.02 Å². The van der Waals surface area contributed by atoms with Gasteiger partial charge in [0.1, 0.15) is 0 Å². The van der Waals surface area contributed by atoms with Crippen LogP contribution in [-0.4, -0.2) is 35.1 Å². The Labute approximate surface area is 112 Å². The van der Waals surface area contributed by atoms with Gasteiger partial charge in [0.25, 0.3) is 0 Å². The molecule has 1 amide bonds. The molecule has 0 aliphatic heterocycles. The predicted octanol–water partition coefficient (Wildman–Crippen LogP) is 1.64. The molecule has 4 nitrogen and oxygen atoms in total. The molecule has 0 heterocycles. The van der Waals surface area contributed by atoms with Crippen molar-refractivity contribution in [2.24, 2.45) is 5.73 Å². The quantitative estimate of drug-likeness (QED) is 0.855. The molecule has 1 rings (SSSR count). The van der Waals surface area contributed by atoms with Gasteiger partial charge < -0.3 is 10.8 Å². The molecule has 0 saturated carbocycles. The SMILES string of the molecule is CN(Cc1ccc(C(N)=O)cc1Cl)C(C)(C)CO. The molecule has 3 N–H and O–H groups in total. The summed E-state index contributed by atoms with van der Waals surface area (Å²) in [5.41, 5.74) is 6.15. The standard InChI is InChI=1S/C13H19ClN2O2/c1-13(2,8-17)16(3)7-10-5-4-9(12(15)18)6-11(10)14/h4-6,17H,7-8H2,1-3H3,(H2,15,18). The fourth-order valence-electron chi connectivity index (χ4n) is 1.42. The summed E-state index contributed by atoms with van der Waals surface area (Å²) in [6.07, 6.45) is 0. The zero-order valence-electron chi connectivity index (χ0n) is 10.9. The monoisotopic (exact) mass is 270 g/mol. The minimum absolute atomic E-state index is 0.0560. The minimum Gasteiger partial charge on any atom is -0.394 e. The largest absolute Gasteiger partial charge is 0.394 e. The maximum absolute atomic E-state index is 11.0. The van der Waals surface area contributed by atoms with Crippen molar-refractivity contribution in [2.75, 3.05) is 13.7 Å². The van der Waals surface area contributed by atoms with Crippen molar-refractivity contribution in [1.29, 1.82) is 0 Å². The fraction of sp³-hybridized carbons (Fsp3) is 0.462. The van der Waals surface area contributed by atoms with E-state index in [0.29, 0.717) is 17.1 Å². The molecule has 0 aliphatic carbocycles. The van der Waals surface area contributed by atoms with Crippen molar-refractivity contribution in [2.45, 2.75) is 25.9 Å². The van der Waals surface area contributed by atoms with E-state index in [9.17, 15) is 9.90 Å². The number of likely N-dealkylation sites (N-methyl/N-ethyl adjacent to an activating group) is 1. The van der Waals surface area contributed by atoms with Crippen LogP contribution in [0.25, 0.3) is 0 Å². The van der Waals surface area contributed by atoms with Crippen LogP contribution in [0.5, 0.6) is 0 Å². The van der Waals surface area contributed by atoms with E-state index >= 15 is 0 Å². The number of aliphatic hydroxyl groups is 1. The molecule has 5 heteroatoms. The van der Waals surface area contributed by atoms with Gasteiger partial charge in [0.15, 0.2) is 0 Å². The number of nitrogens with two attached hydrogens (primary N) is 1. The Morgan fingerprint density at radius 2 is 2.11 bits per heavy atom. The van der Waals surface area contributed by atoms with Crippen LogP contribution in [0.15, 0.2) is 18.2 Å². The van der Waals surface area contributed by atoms with Gasteiger partial charge in [-0.05, 0) is 38.6 Å². The number of nitrogens with zero attached hydrogens (tertiary/aromatic N) is 1. The number of benzene rings is 1. The number of hydrogen-bond acceptors (Lipinski definition) is 3. The molecule has 1 aromatic rings. The number of carbonyl (C=O) groups excluding carboxylic acids is 1. The van der Waals surface area contributed by atoms with E-state index in [4.69, 9.17) is 17.3 Å². The molecular formula is C13H19ClN2O2. The van der Waals surface area contributed by atoms with E-state index in [1.54, 1.807) is 18.2 Å². The van der Waals surface area contributed by atoms with Crippen LogP contribution in [0.1, 0.15) is 29.8 Å². The third kappa shape index (κ3) is 3.45. The molecule has 0 fully saturated rings. The first-order chi connectivity index (χ1) is 8.27. The van der Waals surface area contributed by atoms with Gasteiger partial charge in [0.05, 0.1) is 6.61 Å². The van der Waals surface area contributed by atoms with Gasteiger partial charge in [-0.1, -0.05) is 17.7 Å². The maximum atomic E-state index is 11.0. The maximum Gasteiger partial charge on any atom is 0.248 e. The van der Waals surface area contributed by atoms with Gasteiger partial charge in [-0.15, -0.1) is 0 Å². The van der Waals surface area contributed by atoms with Crippen LogP contribution in [0.4, 0.5) is 0 Å². The zero-order chi connectivity index (χ0) is 13.9. The molecule has 0 bridgehead atoms. The van der Waals surface area contributed by atoms with Crippen LogP contribution in [-0.2, 0) is 6.54 Å². The second-order valence-corrected chi connectivity index (χ2v) is 5.40. The molecule has 0 atom stereocenters. The summed E-state index contributed by atoms with van der Waals surface area (Å²) < 4.78 is 0. The highest BCUT2D eigenvalue weighted by Crippen LogP contribution is 2.22. The Kier molecular flexibility index (Phi) is 4.73. The van der Waals surface area contributed by atoms with E-state index < -0.39 is 5.91 Å². The molecule has 100 valence electrons. The summed E-state index contributed by atoms with van der Waals surface area (Å²) in [6.45, 7) is 4.53. The molecule has 18 heavy (non-hydrogen) atoms. The van der Waals surface area contributed by atoms with Crippen LogP contribution < -0.4 is 5.73 Å². The van der Waals surface area contributed by atoms with E-state index in [-0.39, 0.29) is 12.1 Å². The second-order valence-electron chi connectivity index (χ2n) is 5.00. The van der Waals surface area contributed by atoms with Gasteiger partial charge in [0.2, 0.25) is 5.91 Å². The lowest BCUT2D eigenvalue weighted by Crippen LogP contribution is -2.43. The van der Waals surface area contributed by atoms with E-state index in [0.717, 1.165) is 5.56 Å². The molecule has 1 aromatic carbocycles. The number of primary amides is 1. The molecule has 0 aliphatic rings. The van der Waals surface area contributed by atoms with Crippen molar-refractivity contribution < 1.29 is 9.90 Å². The lowest BCUT2D eigenvalue weighted by Gasteiger charge is -2.34. The predicted molar refractivity (Wildman–Crippen MR) is 72.6 cm³/mol. The third-order valence-electron chi connectivity index (χ3n) is 3.17. The van der Waals surface area contributed by atoms with E-state index in [2.05, 4.69) is 0 Å². The van der Waals surface area contributed by atoms with Gasteiger partial charge in [-0.25, -0.2) is 0 Å². The third-order valence-corrected chi connectivity index (χ3v) is 3.52. The van der Waals surface area contributed by atoms with Crippen molar-refractivity contribution in [3.63, 3.8) is 0 Å². The number of hydrogen-bond donors (Lipinski definition) is 2. The average molecular weight is 271 g/mol. The Hall–Kier alpha value is -1.10. The molecular weight excluding hydrogens is 252 g/mol. The topological polar surface area (TPSA) is 66.6 Å². The summed E-state index contributed by atoms with van der Waals surface area (Å²) in [6, 6.07) is 5.01. The highest BCUT2D eigenvalue weighted by Gasteiger charge is 2.23. The van der Waals surface area contributed by atoms with Crippen molar-refractivity contribution in [1.82, 2.24) is 4.90 Å². The lowest BCUT2D eigenvalue weighted by atomic mass is 10.0. The first kappa shape index (κ1) is 15.0. The normalized spacial score (nSPS) is 11.9. The number of halogens is 1. The first-order valence-electron chi connectivity index (χ1n) is 5.68. The van der Waals surface area contributed by atoms with Gasteiger partial charge in [-0.2, -0.15) is 0 Å². The van der Waals surface area contributed by atoms with Crippen molar-refractivity contribution in [3.8, 4) is 0 Å². The van der Waals surface area contributed by atoms with Gasteiger partial charge >= 0.3 is 0 Å². The molecule has 0 spiro atoms. The summed E-state index contributed by atoms with van der Waals surface area (Å²) in [4.78, 5) is 13.0. The number of amides is 1. The van der Waals surface area contributed by atoms with E-state index in [1.807, 2.05) is 25.8 Å². The first-order valence-corrected chi connectivity index (χ1v) is 6.06. The molecule has 0 saturated heterocycles. The Bertz CT molecular complexity index is 447. The summed E-state index contributed by atoms with van der Waals surface area (Å²) in [7, 11) is 1.91. The molecule has 0 unspecified atom stereocenters. The fourth-order valence-corrected chi connectivity index (χ4v) is 1.66. The van der Waals surface area contributed by atoms with Crippen LogP contribution in [0, 0.1) is 0 Å². The lowest BCUT2D eigenvalue weighted by molar-refractivity contribution is 0.0734. The zero-order valence-corrected chi connectivity index (χ0v) is 11.7. The Balaban J connectivity index is 2.89.